The fourth-order valence-electron chi connectivity index (χ4n) is 1.42. The van der Waals surface area contributed by atoms with Crippen molar-refractivity contribution in [2.24, 2.45) is 5.92 Å². The fraction of sp³-hybridized carbons (Fsp3) is 0.600. The normalized spacial score (nSPS) is 31.4. The van der Waals surface area contributed by atoms with Gasteiger partial charge in [0.15, 0.2) is 0 Å². The van der Waals surface area contributed by atoms with Gasteiger partial charge in [0.05, 0.1) is 6.10 Å². The third kappa shape index (κ3) is 1.93. The van der Waals surface area contributed by atoms with E-state index < -0.39 is 0 Å². The molecule has 0 aromatic heterocycles. The average Bonchev–Trinajstić information content (AvgIpc) is 1.94. The predicted octanol–water partition coefficient (Wildman–Crippen LogP) is 2.28. The highest BCUT2D eigenvalue weighted by Gasteiger charge is 2.19. The van der Waals surface area contributed by atoms with Crippen molar-refractivity contribution in [3.05, 3.63) is 23.8 Å². The highest BCUT2D eigenvalue weighted by molar-refractivity contribution is 5.14. The van der Waals surface area contributed by atoms with Gasteiger partial charge < -0.3 is 5.11 Å². The fourth-order valence-corrected chi connectivity index (χ4v) is 1.42. The SMILES string of the molecule is C=C(C)C1CC=C(C)[C@H](O)C1. The van der Waals surface area contributed by atoms with Gasteiger partial charge in [-0.3, -0.25) is 0 Å². The largest absolute Gasteiger partial charge is 0.389 e. The number of allylic oxidation sites excluding steroid dienone is 2. The molecule has 1 N–H and O–H groups in total. The molecule has 0 saturated carbocycles. The third-order valence-corrected chi connectivity index (χ3v) is 2.45. The van der Waals surface area contributed by atoms with Crippen LogP contribution in [-0.2, 0) is 0 Å². The molecule has 0 heterocycles. The Bertz CT molecular complexity index is 191. The van der Waals surface area contributed by atoms with E-state index in [0.29, 0.717) is 5.92 Å². The number of aliphatic hydroxyl groups excluding tert-OH is 1. The maximum absolute atomic E-state index is 9.49. The minimum absolute atomic E-state index is 0.231. The van der Waals surface area contributed by atoms with Crippen LogP contribution in [0.4, 0.5) is 0 Å². The lowest BCUT2D eigenvalue weighted by atomic mass is 9.84. The molecule has 1 nitrogen and oxygen atoms in total. The quantitative estimate of drug-likeness (QED) is 0.571. The zero-order valence-corrected chi connectivity index (χ0v) is 7.30. The molecule has 1 aliphatic carbocycles. The maximum atomic E-state index is 9.49. The first-order valence-corrected chi connectivity index (χ1v) is 4.11. The van der Waals surface area contributed by atoms with E-state index in [4.69, 9.17) is 0 Å². The minimum atomic E-state index is -0.231. The minimum Gasteiger partial charge on any atom is -0.389 e. The third-order valence-electron chi connectivity index (χ3n) is 2.45. The molecule has 0 aromatic carbocycles. The Morgan fingerprint density at radius 3 is 2.82 bits per heavy atom. The smallest absolute Gasteiger partial charge is 0.0753 e. The van der Waals surface area contributed by atoms with Crippen molar-refractivity contribution < 1.29 is 5.11 Å². The second-order valence-corrected chi connectivity index (χ2v) is 3.48. The summed E-state index contributed by atoms with van der Waals surface area (Å²) in [5, 5.41) is 9.49. The number of hydrogen-bond acceptors (Lipinski definition) is 1. The van der Waals surface area contributed by atoms with Crippen molar-refractivity contribution in [2.45, 2.75) is 32.8 Å². The summed E-state index contributed by atoms with van der Waals surface area (Å²) in [6, 6.07) is 0. The van der Waals surface area contributed by atoms with E-state index in [9.17, 15) is 5.11 Å². The maximum Gasteiger partial charge on any atom is 0.0753 e. The van der Waals surface area contributed by atoms with Crippen LogP contribution in [0, 0.1) is 5.92 Å². The molecule has 0 radical (unpaired) electrons. The van der Waals surface area contributed by atoms with Crippen molar-refractivity contribution in [1.82, 2.24) is 0 Å². The highest BCUT2D eigenvalue weighted by atomic mass is 16.3. The van der Waals surface area contributed by atoms with Gasteiger partial charge in [-0.1, -0.05) is 18.2 Å². The molecule has 1 aliphatic rings. The van der Waals surface area contributed by atoms with Gasteiger partial charge >= 0.3 is 0 Å². The molecular formula is C10H16O. The van der Waals surface area contributed by atoms with Crippen LogP contribution in [0.5, 0.6) is 0 Å². The van der Waals surface area contributed by atoms with Crippen LogP contribution in [0.3, 0.4) is 0 Å². The Labute approximate surface area is 68.4 Å². The van der Waals surface area contributed by atoms with Gasteiger partial charge in [-0.05, 0) is 38.2 Å². The lowest BCUT2D eigenvalue weighted by Gasteiger charge is -2.24. The predicted molar refractivity (Wildman–Crippen MR) is 47.3 cm³/mol. The summed E-state index contributed by atoms with van der Waals surface area (Å²) in [6.45, 7) is 7.92. The van der Waals surface area contributed by atoms with Gasteiger partial charge in [-0.25, -0.2) is 0 Å². The lowest BCUT2D eigenvalue weighted by molar-refractivity contribution is 0.174. The second kappa shape index (κ2) is 3.22. The van der Waals surface area contributed by atoms with E-state index in [2.05, 4.69) is 12.7 Å². The summed E-state index contributed by atoms with van der Waals surface area (Å²) in [6.07, 6.45) is 3.80. The van der Waals surface area contributed by atoms with Crippen LogP contribution in [0.2, 0.25) is 0 Å². The van der Waals surface area contributed by atoms with Crippen molar-refractivity contribution in [3.63, 3.8) is 0 Å². The van der Waals surface area contributed by atoms with Gasteiger partial charge in [-0.2, -0.15) is 0 Å². The second-order valence-electron chi connectivity index (χ2n) is 3.48. The lowest BCUT2D eigenvalue weighted by Crippen LogP contribution is -2.19. The van der Waals surface area contributed by atoms with Crippen LogP contribution in [0.25, 0.3) is 0 Å². The molecule has 0 fully saturated rings. The molecule has 11 heavy (non-hydrogen) atoms. The van der Waals surface area contributed by atoms with E-state index in [1.165, 1.54) is 5.57 Å². The van der Waals surface area contributed by atoms with Crippen LogP contribution >= 0.6 is 0 Å². The number of aliphatic hydroxyl groups is 1. The Morgan fingerprint density at radius 2 is 2.36 bits per heavy atom. The summed E-state index contributed by atoms with van der Waals surface area (Å²) in [5.74, 6) is 0.494. The molecule has 1 unspecified atom stereocenters. The molecule has 0 aliphatic heterocycles. The van der Waals surface area contributed by atoms with E-state index >= 15 is 0 Å². The molecular weight excluding hydrogens is 136 g/mol. The van der Waals surface area contributed by atoms with E-state index in [-0.39, 0.29) is 6.10 Å². The molecule has 2 atom stereocenters. The summed E-state index contributed by atoms with van der Waals surface area (Å²) >= 11 is 0. The summed E-state index contributed by atoms with van der Waals surface area (Å²) in [4.78, 5) is 0. The summed E-state index contributed by atoms with van der Waals surface area (Å²) in [7, 11) is 0. The Balaban J connectivity index is 2.62. The van der Waals surface area contributed by atoms with Gasteiger partial charge in [0, 0.05) is 0 Å². The van der Waals surface area contributed by atoms with Crippen LogP contribution in [0.15, 0.2) is 23.8 Å². The van der Waals surface area contributed by atoms with Crippen molar-refractivity contribution >= 4 is 0 Å². The van der Waals surface area contributed by atoms with E-state index in [1.54, 1.807) is 0 Å². The molecule has 1 rings (SSSR count). The summed E-state index contributed by atoms with van der Waals surface area (Å²) in [5.41, 5.74) is 2.30. The zero-order valence-electron chi connectivity index (χ0n) is 7.30. The Morgan fingerprint density at radius 1 is 1.73 bits per heavy atom. The van der Waals surface area contributed by atoms with Crippen LogP contribution < -0.4 is 0 Å². The Kier molecular flexibility index (Phi) is 2.50. The van der Waals surface area contributed by atoms with Crippen LogP contribution in [0.1, 0.15) is 26.7 Å². The standard InChI is InChI=1S/C10H16O/c1-7(2)9-5-4-8(3)10(11)6-9/h4,9-11H,1,5-6H2,2-3H3/t9?,10-/m1/s1. The van der Waals surface area contributed by atoms with E-state index in [0.717, 1.165) is 18.4 Å². The first-order chi connectivity index (χ1) is 5.11. The first-order valence-electron chi connectivity index (χ1n) is 4.11. The topological polar surface area (TPSA) is 20.2 Å². The van der Waals surface area contributed by atoms with Crippen molar-refractivity contribution in [1.29, 1.82) is 0 Å². The molecule has 62 valence electrons. The van der Waals surface area contributed by atoms with Gasteiger partial charge in [0.2, 0.25) is 0 Å². The number of rotatable bonds is 1. The van der Waals surface area contributed by atoms with Crippen molar-refractivity contribution in [3.8, 4) is 0 Å². The zero-order chi connectivity index (χ0) is 8.43. The first kappa shape index (κ1) is 8.54. The van der Waals surface area contributed by atoms with Crippen molar-refractivity contribution in [2.75, 3.05) is 0 Å². The molecule has 0 bridgehead atoms. The molecule has 0 saturated heterocycles. The molecule has 1 heteroatoms. The molecule has 0 spiro atoms. The molecule has 0 aromatic rings. The van der Waals surface area contributed by atoms with Crippen LogP contribution in [-0.4, -0.2) is 11.2 Å². The Hall–Kier alpha value is -0.560. The molecule has 0 amide bonds. The van der Waals surface area contributed by atoms with Gasteiger partial charge in [-0.15, -0.1) is 0 Å². The van der Waals surface area contributed by atoms with E-state index in [1.807, 2.05) is 13.8 Å². The van der Waals surface area contributed by atoms with Gasteiger partial charge in [0.1, 0.15) is 0 Å². The summed E-state index contributed by atoms with van der Waals surface area (Å²) < 4.78 is 0. The monoisotopic (exact) mass is 152 g/mol. The highest BCUT2D eigenvalue weighted by Crippen LogP contribution is 2.27. The van der Waals surface area contributed by atoms with Gasteiger partial charge in [0.25, 0.3) is 0 Å². The number of hydrogen-bond donors (Lipinski definition) is 1. The average molecular weight is 152 g/mol.